The second kappa shape index (κ2) is 6.76. The molecule has 0 saturated carbocycles. The van der Waals surface area contributed by atoms with Gasteiger partial charge in [-0.25, -0.2) is 8.42 Å². The standard InChI is InChI=1S/C17H13Cl2NO2S2/c1-11-13(18)7-4-8-16(11)24(21,22)20-15-9-10-23-17(15)12-5-2-3-6-14(12)19/h2-10,20H,1H3. The molecule has 0 unspecified atom stereocenters. The Hall–Kier alpha value is -1.53. The molecule has 1 aromatic heterocycles. The van der Waals surface area contributed by atoms with Gasteiger partial charge in [0.25, 0.3) is 10.0 Å². The molecule has 2 aromatic carbocycles. The number of benzene rings is 2. The monoisotopic (exact) mass is 397 g/mol. The Morgan fingerprint density at radius 2 is 1.67 bits per heavy atom. The molecule has 3 nitrogen and oxygen atoms in total. The van der Waals surface area contributed by atoms with Crippen LogP contribution in [0.1, 0.15) is 5.56 Å². The van der Waals surface area contributed by atoms with Crippen molar-refractivity contribution in [3.8, 4) is 10.4 Å². The van der Waals surface area contributed by atoms with Gasteiger partial charge in [-0.3, -0.25) is 4.72 Å². The van der Waals surface area contributed by atoms with Crippen LogP contribution in [0, 0.1) is 6.92 Å². The van der Waals surface area contributed by atoms with E-state index in [1.165, 1.54) is 17.4 Å². The Morgan fingerprint density at radius 1 is 0.958 bits per heavy atom. The lowest BCUT2D eigenvalue weighted by atomic mass is 10.2. The highest BCUT2D eigenvalue weighted by Gasteiger charge is 2.21. The highest BCUT2D eigenvalue weighted by molar-refractivity contribution is 7.92. The Bertz CT molecular complexity index is 997. The molecule has 0 spiro atoms. The first-order valence-electron chi connectivity index (χ1n) is 7.00. The van der Waals surface area contributed by atoms with Crippen LogP contribution in [0.15, 0.2) is 58.8 Å². The average Bonchev–Trinajstić information content (AvgIpc) is 2.97. The topological polar surface area (TPSA) is 46.2 Å². The predicted octanol–water partition coefficient (Wildman–Crippen LogP) is 5.83. The summed E-state index contributed by atoms with van der Waals surface area (Å²) >= 11 is 13.7. The van der Waals surface area contributed by atoms with E-state index in [1.807, 2.05) is 23.6 Å². The van der Waals surface area contributed by atoms with Gasteiger partial charge in [-0.15, -0.1) is 11.3 Å². The van der Waals surface area contributed by atoms with Crippen molar-refractivity contribution in [3.63, 3.8) is 0 Å². The van der Waals surface area contributed by atoms with Crippen LogP contribution in [0.2, 0.25) is 10.0 Å². The number of hydrogen-bond donors (Lipinski definition) is 1. The quantitative estimate of drug-likeness (QED) is 0.601. The Labute approximate surface area is 154 Å². The lowest BCUT2D eigenvalue weighted by molar-refractivity contribution is 0.600. The SMILES string of the molecule is Cc1c(Cl)cccc1S(=O)(=O)Nc1ccsc1-c1ccccc1Cl. The molecule has 1 heterocycles. The van der Waals surface area contributed by atoms with E-state index < -0.39 is 10.0 Å². The summed E-state index contributed by atoms with van der Waals surface area (Å²) in [5, 5.41) is 2.80. The minimum Gasteiger partial charge on any atom is -0.278 e. The van der Waals surface area contributed by atoms with E-state index in [0.29, 0.717) is 21.3 Å². The summed E-state index contributed by atoms with van der Waals surface area (Å²) in [5.41, 5.74) is 1.79. The van der Waals surface area contributed by atoms with Crippen molar-refractivity contribution >= 4 is 50.2 Å². The lowest BCUT2D eigenvalue weighted by Gasteiger charge is -2.12. The second-order valence-electron chi connectivity index (χ2n) is 5.11. The summed E-state index contributed by atoms with van der Waals surface area (Å²) in [4.78, 5) is 0.926. The lowest BCUT2D eigenvalue weighted by Crippen LogP contribution is -2.14. The first-order valence-corrected chi connectivity index (χ1v) is 10.1. The normalized spacial score (nSPS) is 11.5. The number of nitrogens with one attached hydrogen (secondary N) is 1. The molecule has 0 bridgehead atoms. The summed E-state index contributed by atoms with van der Waals surface area (Å²) in [5.74, 6) is 0. The number of sulfonamides is 1. The Balaban J connectivity index is 2.03. The summed E-state index contributed by atoms with van der Waals surface area (Å²) < 4.78 is 28.1. The molecule has 3 aromatic rings. The molecule has 0 saturated heterocycles. The van der Waals surface area contributed by atoms with Gasteiger partial charge in [0.2, 0.25) is 0 Å². The van der Waals surface area contributed by atoms with Crippen molar-refractivity contribution in [2.75, 3.05) is 4.72 Å². The molecular weight excluding hydrogens is 385 g/mol. The average molecular weight is 398 g/mol. The third kappa shape index (κ3) is 3.30. The van der Waals surface area contributed by atoms with Crippen LogP contribution >= 0.6 is 34.5 Å². The van der Waals surface area contributed by atoms with Crippen LogP contribution in [-0.4, -0.2) is 8.42 Å². The van der Waals surface area contributed by atoms with Gasteiger partial charge in [0.15, 0.2) is 0 Å². The smallest absolute Gasteiger partial charge is 0.262 e. The number of hydrogen-bond acceptors (Lipinski definition) is 3. The third-order valence-corrected chi connectivity index (χ3v) is 6.73. The number of thiophene rings is 1. The highest BCUT2D eigenvalue weighted by Crippen LogP contribution is 2.38. The minimum absolute atomic E-state index is 0.159. The molecule has 24 heavy (non-hydrogen) atoms. The van der Waals surface area contributed by atoms with E-state index in [4.69, 9.17) is 23.2 Å². The maximum Gasteiger partial charge on any atom is 0.262 e. The Morgan fingerprint density at radius 3 is 2.42 bits per heavy atom. The molecule has 0 amide bonds. The fourth-order valence-corrected chi connectivity index (χ4v) is 5.14. The fourth-order valence-electron chi connectivity index (χ4n) is 2.32. The fraction of sp³-hybridized carbons (Fsp3) is 0.0588. The van der Waals surface area contributed by atoms with Gasteiger partial charge in [0.05, 0.1) is 15.5 Å². The van der Waals surface area contributed by atoms with E-state index in [-0.39, 0.29) is 4.90 Å². The van der Waals surface area contributed by atoms with Crippen LogP contribution in [0.25, 0.3) is 10.4 Å². The molecule has 7 heteroatoms. The van der Waals surface area contributed by atoms with E-state index in [2.05, 4.69) is 4.72 Å². The maximum atomic E-state index is 12.7. The zero-order valence-electron chi connectivity index (χ0n) is 12.6. The number of rotatable bonds is 4. The zero-order chi connectivity index (χ0) is 17.3. The Kier molecular flexibility index (Phi) is 4.88. The summed E-state index contributed by atoms with van der Waals surface area (Å²) in [6.07, 6.45) is 0. The van der Waals surface area contributed by atoms with Crippen molar-refractivity contribution < 1.29 is 8.42 Å². The second-order valence-corrected chi connectivity index (χ2v) is 8.49. The molecule has 0 aliphatic carbocycles. The van der Waals surface area contributed by atoms with Crippen molar-refractivity contribution in [1.82, 2.24) is 0 Å². The van der Waals surface area contributed by atoms with Crippen LogP contribution < -0.4 is 4.72 Å². The van der Waals surface area contributed by atoms with Crippen molar-refractivity contribution in [2.24, 2.45) is 0 Å². The van der Waals surface area contributed by atoms with Crippen LogP contribution in [0.3, 0.4) is 0 Å². The van der Waals surface area contributed by atoms with Gasteiger partial charge in [0, 0.05) is 15.6 Å². The van der Waals surface area contributed by atoms with E-state index in [1.54, 1.807) is 31.2 Å². The van der Waals surface area contributed by atoms with Gasteiger partial charge < -0.3 is 0 Å². The summed E-state index contributed by atoms with van der Waals surface area (Å²) in [6, 6.07) is 13.9. The first kappa shape index (κ1) is 17.3. The van der Waals surface area contributed by atoms with Gasteiger partial charge in [0.1, 0.15) is 0 Å². The number of halogens is 2. The molecule has 0 radical (unpaired) electrons. The molecular formula is C17H13Cl2NO2S2. The van der Waals surface area contributed by atoms with Crippen LogP contribution in [0.4, 0.5) is 5.69 Å². The molecule has 0 aliphatic rings. The van der Waals surface area contributed by atoms with Crippen molar-refractivity contribution in [3.05, 3.63) is 69.5 Å². The number of anilines is 1. The summed E-state index contributed by atoms with van der Waals surface area (Å²) in [6.45, 7) is 1.68. The molecule has 124 valence electrons. The highest BCUT2D eigenvalue weighted by atomic mass is 35.5. The zero-order valence-corrected chi connectivity index (χ0v) is 15.7. The van der Waals surface area contributed by atoms with E-state index >= 15 is 0 Å². The van der Waals surface area contributed by atoms with Crippen LogP contribution in [0.5, 0.6) is 0 Å². The third-order valence-electron chi connectivity index (χ3n) is 3.54. The van der Waals surface area contributed by atoms with E-state index in [9.17, 15) is 8.42 Å². The van der Waals surface area contributed by atoms with E-state index in [0.717, 1.165) is 10.4 Å². The van der Waals surface area contributed by atoms with Crippen molar-refractivity contribution in [2.45, 2.75) is 11.8 Å². The minimum atomic E-state index is -3.75. The largest absolute Gasteiger partial charge is 0.278 e. The maximum absolute atomic E-state index is 12.7. The molecule has 0 aliphatic heterocycles. The summed E-state index contributed by atoms with van der Waals surface area (Å²) in [7, 11) is -3.75. The predicted molar refractivity (Wildman–Crippen MR) is 102 cm³/mol. The van der Waals surface area contributed by atoms with Crippen LogP contribution in [-0.2, 0) is 10.0 Å². The van der Waals surface area contributed by atoms with Gasteiger partial charge in [-0.2, -0.15) is 0 Å². The van der Waals surface area contributed by atoms with Gasteiger partial charge >= 0.3 is 0 Å². The molecule has 3 rings (SSSR count). The van der Waals surface area contributed by atoms with Gasteiger partial charge in [-0.05, 0) is 42.1 Å². The van der Waals surface area contributed by atoms with Crippen molar-refractivity contribution in [1.29, 1.82) is 0 Å². The molecule has 0 fully saturated rings. The first-order chi connectivity index (χ1) is 11.4. The molecule has 0 atom stereocenters. The van der Waals surface area contributed by atoms with Gasteiger partial charge in [-0.1, -0.05) is 47.5 Å². The molecule has 1 N–H and O–H groups in total.